The molecule has 0 fully saturated rings. The highest BCUT2D eigenvalue weighted by Crippen LogP contribution is 2.10. The zero-order valence-corrected chi connectivity index (χ0v) is 8.88. The first-order valence-electron chi connectivity index (χ1n) is 4.94. The van der Waals surface area contributed by atoms with Crippen molar-refractivity contribution in [1.29, 1.82) is 0 Å². The van der Waals surface area contributed by atoms with Crippen molar-refractivity contribution in [3.63, 3.8) is 0 Å². The summed E-state index contributed by atoms with van der Waals surface area (Å²) in [6, 6.07) is 0.347. The van der Waals surface area contributed by atoms with Crippen molar-refractivity contribution in [1.82, 2.24) is 0 Å². The van der Waals surface area contributed by atoms with Crippen LogP contribution in [0.1, 0.15) is 40.5 Å². The van der Waals surface area contributed by atoms with Crippen LogP contribution in [-0.4, -0.2) is 12.1 Å². The molecule has 0 aromatic heterocycles. The van der Waals surface area contributed by atoms with Crippen molar-refractivity contribution in [3.8, 4) is 0 Å². The highest BCUT2D eigenvalue weighted by Gasteiger charge is 2.15. The third-order valence-corrected chi connectivity index (χ3v) is 2.04. The van der Waals surface area contributed by atoms with E-state index in [-0.39, 0.29) is 12.1 Å². The minimum absolute atomic E-state index is 0.174. The van der Waals surface area contributed by atoms with Crippen LogP contribution in [0.2, 0.25) is 0 Å². The Bertz CT molecular complexity index is 96.4. The molecular weight excluding hydrogens is 148 g/mol. The Kier molecular flexibility index (Phi) is 5.51. The molecule has 2 nitrogen and oxygen atoms in total. The molecule has 0 spiro atoms. The lowest BCUT2D eigenvalue weighted by atomic mass is 9.93. The molecule has 74 valence electrons. The number of rotatable bonds is 5. The molecule has 0 amide bonds. The van der Waals surface area contributed by atoms with E-state index in [2.05, 4.69) is 27.7 Å². The van der Waals surface area contributed by atoms with Gasteiger partial charge in [-0.25, -0.2) is 0 Å². The molecule has 0 heterocycles. The molecule has 0 radical (unpaired) electrons. The van der Waals surface area contributed by atoms with Crippen LogP contribution in [0, 0.1) is 11.8 Å². The number of nitrogens with two attached hydrogens (primary N) is 2. The predicted octanol–water partition coefficient (Wildman–Crippen LogP) is 1.73. The van der Waals surface area contributed by atoms with Gasteiger partial charge in [0.2, 0.25) is 0 Å². The topological polar surface area (TPSA) is 52.0 Å². The van der Waals surface area contributed by atoms with E-state index in [1.54, 1.807) is 0 Å². The van der Waals surface area contributed by atoms with E-state index in [0.29, 0.717) is 11.8 Å². The second-order valence-electron chi connectivity index (χ2n) is 4.59. The van der Waals surface area contributed by atoms with Crippen LogP contribution in [0.15, 0.2) is 0 Å². The molecule has 0 aliphatic heterocycles. The Hall–Kier alpha value is -0.0800. The summed E-state index contributed by atoms with van der Waals surface area (Å²) in [5.41, 5.74) is 11.9. The molecule has 0 rings (SSSR count). The molecule has 0 aromatic rings. The van der Waals surface area contributed by atoms with Gasteiger partial charge in [0.15, 0.2) is 0 Å². The average Bonchev–Trinajstić information content (AvgIpc) is 1.84. The van der Waals surface area contributed by atoms with Crippen LogP contribution in [-0.2, 0) is 0 Å². The summed E-state index contributed by atoms with van der Waals surface area (Å²) >= 11 is 0. The van der Waals surface area contributed by atoms with Crippen LogP contribution in [0.3, 0.4) is 0 Å². The third kappa shape index (κ3) is 5.56. The van der Waals surface area contributed by atoms with Crippen LogP contribution in [0.25, 0.3) is 0 Å². The summed E-state index contributed by atoms with van der Waals surface area (Å²) in [6.07, 6.45) is 2.07. The van der Waals surface area contributed by atoms with Crippen molar-refractivity contribution >= 4 is 0 Å². The maximum atomic E-state index is 5.94. The van der Waals surface area contributed by atoms with Gasteiger partial charge in [-0.2, -0.15) is 0 Å². The summed E-state index contributed by atoms with van der Waals surface area (Å²) in [6.45, 7) is 8.73. The van der Waals surface area contributed by atoms with E-state index in [4.69, 9.17) is 11.5 Å². The highest BCUT2D eigenvalue weighted by atomic mass is 14.8. The van der Waals surface area contributed by atoms with Crippen molar-refractivity contribution < 1.29 is 0 Å². The van der Waals surface area contributed by atoms with Gasteiger partial charge in [0.05, 0.1) is 0 Å². The van der Waals surface area contributed by atoms with Crippen molar-refractivity contribution in [3.05, 3.63) is 0 Å². The maximum absolute atomic E-state index is 5.94. The Morgan fingerprint density at radius 1 is 0.750 bits per heavy atom. The van der Waals surface area contributed by atoms with Gasteiger partial charge in [-0.15, -0.1) is 0 Å². The molecule has 0 bridgehead atoms. The summed E-state index contributed by atoms with van der Waals surface area (Å²) < 4.78 is 0. The summed E-state index contributed by atoms with van der Waals surface area (Å²) in [5.74, 6) is 1.30. The van der Waals surface area contributed by atoms with Crippen LogP contribution in [0.4, 0.5) is 0 Å². The van der Waals surface area contributed by atoms with Gasteiger partial charge in [0.25, 0.3) is 0 Å². The van der Waals surface area contributed by atoms with E-state index in [9.17, 15) is 0 Å². The van der Waals surface area contributed by atoms with Gasteiger partial charge in [-0.05, 0) is 24.7 Å². The largest absolute Gasteiger partial charge is 0.326 e. The average molecular weight is 172 g/mol. The second-order valence-corrected chi connectivity index (χ2v) is 4.59. The Balaban J connectivity index is 3.68. The fraction of sp³-hybridized carbons (Fsp3) is 1.00. The van der Waals surface area contributed by atoms with Gasteiger partial charge in [0.1, 0.15) is 0 Å². The Morgan fingerprint density at radius 2 is 1.00 bits per heavy atom. The molecule has 0 saturated heterocycles. The second kappa shape index (κ2) is 5.55. The summed E-state index contributed by atoms with van der Waals surface area (Å²) in [7, 11) is 0. The van der Waals surface area contributed by atoms with E-state index in [1.807, 2.05) is 0 Å². The molecular formula is C10H24N2. The number of hydrogen-bond donors (Lipinski definition) is 2. The first kappa shape index (κ1) is 11.9. The molecule has 4 N–H and O–H groups in total. The predicted molar refractivity (Wildman–Crippen MR) is 54.9 cm³/mol. The van der Waals surface area contributed by atoms with Crippen molar-refractivity contribution in [2.75, 3.05) is 0 Å². The zero-order chi connectivity index (χ0) is 9.72. The van der Waals surface area contributed by atoms with E-state index < -0.39 is 0 Å². The summed E-state index contributed by atoms with van der Waals surface area (Å²) in [4.78, 5) is 0. The monoisotopic (exact) mass is 172 g/mol. The zero-order valence-electron chi connectivity index (χ0n) is 8.88. The summed E-state index contributed by atoms with van der Waals surface area (Å²) in [5, 5.41) is 0. The SMILES string of the molecule is CC(C)C[C@H](N)[C@@H](N)CC(C)C. The van der Waals surface area contributed by atoms with Crippen molar-refractivity contribution in [2.45, 2.75) is 52.6 Å². The standard InChI is InChI=1S/C10H24N2/c1-7(2)5-9(11)10(12)6-8(3)4/h7-10H,5-6,11-12H2,1-4H3/t9-,10-/m0/s1. The van der Waals surface area contributed by atoms with Gasteiger partial charge in [-0.3, -0.25) is 0 Å². The molecule has 0 aliphatic rings. The fourth-order valence-corrected chi connectivity index (χ4v) is 1.44. The van der Waals surface area contributed by atoms with E-state index >= 15 is 0 Å². The Labute approximate surface area is 76.7 Å². The molecule has 0 aliphatic carbocycles. The fourth-order valence-electron chi connectivity index (χ4n) is 1.44. The van der Waals surface area contributed by atoms with Gasteiger partial charge >= 0.3 is 0 Å². The van der Waals surface area contributed by atoms with Crippen LogP contribution in [0.5, 0.6) is 0 Å². The lowest BCUT2D eigenvalue weighted by Gasteiger charge is -2.22. The minimum Gasteiger partial charge on any atom is -0.326 e. The van der Waals surface area contributed by atoms with Crippen LogP contribution < -0.4 is 11.5 Å². The maximum Gasteiger partial charge on any atom is 0.0194 e. The third-order valence-electron chi connectivity index (χ3n) is 2.04. The number of hydrogen-bond acceptors (Lipinski definition) is 2. The molecule has 12 heavy (non-hydrogen) atoms. The molecule has 0 aromatic carbocycles. The lowest BCUT2D eigenvalue weighted by molar-refractivity contribution is 0.382. The minimum atomic E-state index is 0.174. The van der Waals surface area contributed by atoms with Crippen molar-refractivity contribution in [2.24, 2.45) is 23.3 Å². The van der Waals surface area contributed by atoms with Crippen LogP contribution >= 0.6 is 0 Å². The smallest absolute Gasteiger partial charge is 0.0194 e. The lowest BCUT2D eigenvalue weighted by Crippen LogP contribution is -2.42. The normalized spacial score (nSPS) is 17.0. The first-order chi connectivity index (χ1) is 5.43. The molecule has 2 atom stereocenters. The van der Waals surface area contributed by atoms with Gasteiger partial charge < -0.3 is 11.5 Å². The molecule has 2 heteroatoms. The Morgan fingerprint density at radius 3 is 1.17 bits per heavy atom. The quantitative estimate of drug-likeness (QED) is 0.663. The molecule has 0 saturated carbocycles. The van der Waals surface area contributed by atoms with Gasteiger partial charge in [-0.1, -0.05) is 27.7 Å². The molecule has 0 unspecified atom stereocenters. The first-order valence-corrected chi connectivity index (χ1v) is 4.94. The van der Waals surface area contributed by atoms with Gasteiger partial charge in [0, 0.05) is 12.1 Å². The van der Waals surface area contributed by atoms with E-state index in [1.165, 1.54) is 0 Å². The highest BCUT2D eigenvalue weighted by molar-refractivity contribution is 4.77. The van der Waals surface area contributed by atoms with E-state index in [0.717, 1.165) is 12.8 Å².